The topological polar surface area (TPSA) is 99.7 Å². The zero-order valence-electron chi connectivity index (χ0n) is 22.4. The van der Waals surface area contributed by atoms with Crippen molar-refractivity contribution < 1.29 is 33.3 Å². The molecule has 0 N–H and O–H groups in total. The molecule has 9 nitrogen and oxygen atoms in total. The molecule has 2 amide bonds. The molecule has 0 aliphatic carbocycles. The Morgan fingerprint density at radius 3 is 2.22 bits per heavy atom. The van der Waals surface area contributed by atoms with Crippen molar-refractivity contribution >= 4 is 18.0 Å². The normalized spacial score (nSPS) is 21.1. The highest BCUT2D eigenvalue weighted by Gasteiger charge is 2.60. The fourth-order valence-corrected chi connectivity index (χ4v) is 4.22. The van der Waals surface area contributed by atoms with Gasteiger partial charge in [0.25, 0.3) is 0 Å². The van der Waals surface area contributed by atoms with Gasteiger partial charge in [0, 0.05) is 18.6 Å². The Morgan fingerprint density at radius 2 is 1.62 bits per heavy atom. The smallest absolute Gasteiger partial charge is 0.425 e. The minimum atomic E-state index is -0.872. The van der Waals surface area contributed by atoms with Gasteiger partial charge in [-0.05, 0) is 53.2 Å². The van der Waals surface area contributed by atoms with Gasteiger partial charge in [0.2, 0.25) is 0 Å². The van der Waals surface area contributed by atoms with Gasteiger partial charge in [-0.3, -0.25) is 0 Å². The first kappa shape index (κ1) is 27.0. The molecule has 2 aliphatic heterocycles. The fourth-order valence-electron chi connectivity index (χ4n) is 4.22. The Kier molecular flexibility index (Phi) is 7.60. The zero-order chi connectivity index (χ0) is 26.8. The number of pyridine rings is 1. The number of amides is 2. The van der Waals surface area contributed by atoms with Crippen molar-refractivity contribution in [2.75, 3.05) is 18.1 Å². The Hall–Kier alpha value is -3.01. The summed E-state index contributed by atoms with van der Waals surface area (Å²) in [5.74, 6) is 0.0891. The quantitative estimate of drug-likeness (QED) is 0.469. The van der Waals surface area contributed by atoms with Crippen LogP contribution in [0.5, 0.6) is 0 Å². The van der Waals surface area contributed by atoms with Gasteiger partial charge < -0.3 is 23.7 Å². The number of anilines is 1. The number of carbonyl (C=O) groups excluding carboxylic acids is 2. The van der Waals surface area contributed by atoms with Crippen molar-refractivity contribution in [3.05, 3.63) is 59.3 Å². The molecule has 2 unspecified atom stereocenters. The predicted molar refractivity (Wildman–Crippen MR) is 136 cm³/mol. The molecule has 0 radical (unpaired) electrons. The average Bonchev–Trinajstić information content (AvgIpc) is 3.53. The van der Waals surface area contributed by atoms with Gasteiger partial charge in [0.15, 0.2) is 0 Å². The van der Waals surface area contributed by atoms with Gasteiger partial charge in [0.1, 0.15) is 28.7 Å². The maximum Gasteiger partial charge on any atom is 0.425 e. The number of hydrogen-bond donors (Lipinski definition) is 0. The summed E-state index contributed by atoms with van der Waals surface area (Å²) in [5.41, 5.74) is 0.317. The molecule has 0 spiro atoms. The van der Waals surface area contributed by atoms with E-state index in [0.717, 1.165) is 16.0 Å². The molecule has 1 aromatic carbocycles. The second kappa shape index (κ2) is 10.4. The van der Waals surface area contributed by atoms with Gasteiger partial charge in [0.05, 0.1) is 25.5 Å². The molecule has 0 saturated carbocycles. The molecule has 2 saturated heterocycles. The maximum atomic E-state index is 13.1. The number of imide groups is 1. The highest BCUT2D eigenvalue weighted by molar-refractivity contribution is 6.08. The summed E-state index contributed by atoms with van der Waals surface area (Å²) < 4.78 is 28.7. The maximum absolute atomic E-state index is 13.1. The number of rotatable bonds is 6. The molecule has 9 heteroatoms. The first-order valence-corrected chi connectivity index (χ1v) is 12.5. The van der Waals surface area contributed by atoms with Crippen molar-refractivity contribution in [3.63, 3.8) is 0 Å². The van der Waals surface area contributed by atoms with Gasteiger partial charge in [-0.25, -0.2) is 14.6 Å². The van der Waals surface area contributed by atoms with Crippen LogP contribution in [-0.4, -0.2) is 47.7 Å². The van der Waals surface area contributed by atoms with E-state index in [0.29, 0.717) is 31.9 Å². The van der Waals surface area contributed by atoms with E-state index in [-0.39, 0.29) is 18.5 Å². The largest absolute Gasteiger partial charge is 0.443 e. The van der Waals surface area contributed by atoms with Gasteiger partial charge in [-0.15, -0.1) is 0 Å². The Labute approximate surface area is 218 Å². The van der Waals surface area contributed by atoms with Crippen LogP contribution < -0.4 is 4.90 Å². The van der Waals surface area contributed by atoms with Crippen LogP contribution in [0.3, 0.4) is 0 Å². The molecule has 2 atom stereocenters. The number of aromatic nitrogens is 1. The minimum absolute atomic E-state index is 0.0606. The van der Waals surface area contributed by atoms with Crippen LogP contribution in [0.25, 0.3) is 0 Å². The van der Waals surface area contributed by atoms with Crippen LogP contribution in [0, 0.1) is 0 Å². The van der Waals surface area contributed by atoms with E-state index in [1.165, 1.54) is 0 Å². The van der Waals surface area contributed by atoms with Gasteiger partial charge in [-0.2, -0.15) is 4.90 Å². The molecular formula is C28H36N2O7. The number of carbonyl (C=O) groups is 2. The summed E-state index contributed by atoms with van der Waals surface area (Å²) in [6, 6.07) is 13.3. The third-order valence-corrected chi connectivity index (χ3v) is 5.85. The molecule has 3 heterocycles. The lowest BCUT2D eigenvalue weighted by atomic mass is 9.90. The molecule has 2 fully saturated rings. The van der Waals surface area contributed by atoms with E-state index in [2.05, 4.69) is 0 Å². The van der Waals surface area contributed by atoms with E-state index in [9.17, 15) is 9.59 Å². The number of benzene rings is 1. The van der Waals surface area contributed by atoms with Crippen LogP contribution in [0.4, 0.5) is 15.4 Å². The van der Waals surface area contributed by atoms with Crippen LogP contribution in [-0.2, 0) is 42.5 Å². The highest BCUT2D eigenvalue weighted by atomic mass is 16.6. The molecular weight excluding hydrogens is 476 g/mol. The molecule has 200 valence electrons. The number of nitrogens with zero attached hydrogens (tertiary/aromatic N) is 2. The fraction of sp³-hybridized carbons (Fsp3) is 0.536. The Bertz CT molecular complexity index is 1100. The number of fused-ring (bicyclic) bond motifs is 1. The first-order valence-electron chi connectivity index (χ1n) is 12.5. The Morgan fingerprint density at radius 1 is 0.973 bits per heavy atom. The van der Waals surface area contributed by atoms with Crippen molar-refractivity contribution in [1.82, 2.24) is 4.98 Å². The molecule has 4 rings (SSSR count). The highest BCUT2D eigenvalue weighted by Crippen LogP contribution is 2.52. The molecule has 0 bridgehead atoms. The van der Waals surface area contributed by atoms with Crippen molar-refractivity contribution in [3.8, 4) is 0 Å². The van der Waals surface area contributed by atoms with E-state index in [1.807, 2.05) is 36.4 Å². The summed E-state index contributed by atoms with van der Waals surface area (Å²) in [4.78, 5) is 31.8. The summed E-state index contributed by atoms with van der Waals surface area (Å²) in [7, 11) is 0. The number of hydrogen-bond acceptors (Lipinski definition) is 8. The summed E-state index contributed by atoms with van der Waals surface area (Å²) in [5, 5.41) is 0. The predicted octanol–water partition coefficient (Wildman–Crippen LogP) is 5.49. The van der Waals surface area contributed by atoms with Crippen LogP contribution in [0.1, 0.15) is 64.8 Å². The second-order valence-corrected chi connectivity index (χ2v) is 11.3. The Balaban J connectivity index is 1.67. The van der Waals surface area contributed by atoms with E-state index in [1.54, 1.807) is 47.6 Å². The third kappa shape index (κ3) is 6.66. The van der Waals surface area contributed by atoms with Crippen molar-refractivity contribution in [2.45, 2.75) is 84.1 Å². The van der Waals surface area contributed by atoms with Gasteiger partial charge in [-0.1, -0.05) is 36.4 Å². The van der Waals surface area contributed by atoms with Crippen LogP contribution in [0.15, 0.2) is 42.5 Å². The van der Waals surface area contributed by atoms with Crippen molar-refractivity contribution in [2.24, 2.45) is 0 Å². The summed E-state index contributed by atoms with van der Waals surface area (Å²) in [6.07, 6.45) is -1.12. The summed E-state index contributed by atoms with van der Waals surface area (Å²) >= 11 is 0. The minimum Gasteiger partial charge on any atom is -0.443 e. The average molecular weight is 513 g/mol. The lowest BCUT2D eigenvalue weighted by Gasteiger charge is -2.28. The first-order chi connectivity index (χ1) is 17.4. The summed E-state index contributed by atoms with van der Waals surface area (Å²) in [6.45, 7) is 12.0. The lowest BCUT2D eigenvalue weighted by molar-refractivity contribution is 0.0428. The molecule has 37 heavy (non-hydrogen) atoms. The van der Waals surface area contributed by atoms with Crippen LogP contribution >= 0.6 is 0 Å². The van der Waals surface area contributed by atoms with Gasteiger partial charge >= 0.3 is 12.2 Å². The van der Waals surface area contributed by atoms with E-state index >= 15 is 0 Å². The molecule has 1 aromatic heterocycles. The lowest BCUT2D eigenvalue weighted by Crippen LogP contribution is -2.44. The monoisotopic (exact) mass is 512 g/mol. The second-order valence-electron chi connectivity index (χ2n) is 11.3. The number of epoxide rings is 1. The van der Waals surface area contributed by atoms with E-state index < -0.39 is 29.0 Å². The van der Waals surface area contributed by atoms with Crippen molar-refractivity contribution in [1.29, 1.82) is 0 Å². The standard InChI is InChI=1S/C28H36N2O7/c1-26(2,3)36-24(31)30(25(32)37-27(4,5)6)23-13-12-20(28-14-15-33-18-22(28)35-28)21(29-23)17-34-16-19-10-8-7-9-11-19/h7-13,22H,14-18H2,1-6H3. The van der Waals surface area contributed by atoms with Crippen LogP contribution in [0.2, 0.25) is 0 Å². The zero-order valence-corrected chi connectivity index (χ0v) is 22.4. The van der Waals surface area contributed by atoms with E-state index in [4.69, 9.17) is 28.7 Å². The molecule has 2 aliphatic rings. The third-order valence-electron chi connectivity index (χ3n) is 5.85. The SMILES string of the molecule is CC(C)(C)OC(=O)N(C(=O)OC(C)(C)C)c1ccc(C23CCOCC2O3)c(COCc2ccccc2)n1. The molecule has 2 aromatic rings. The number of ether oxygens (including phenoxy) is 5.